The summed E-state index contributed by atoms with van der Waals surface area (Å²) in [6.45, 7) is 4.02. The van der Waals surface area contributed by atoms with E-state index in [4.69, 9.17) is 4.74 Å². The Balaban J connectivity index is 1.42. The largest absolute Gasteiger partial charge is 0.378 e. The van der Waals surface area contributed by atoms with Crippen LogP contribution in [0.4, 0.5) is 4.39 Å². The number of ether oxygens (including phenoxy) is 1. The summed E-state index contributed by atoms with van der Waals surface area (Å²) in [5.41, 5.74) is -0.0463. The second kappa shape index (κ2) is 7.94. The van der Waals surface area contributed by atoms with Crippen LogP contribution in [-0.2, 0) is 19.6 Å². The molecule has 1 spiro atoms. The van der Waals surface area contributed by atoms with Gasteiger partial charge in [0.15, 0.2) is 0 Å². The van der Waals surface area contributed by atoms with Crippen molar-refractivity contribution in [2.24, 2.45) is 5.41 Å². The highest BCUT2D eigenvalue weighted by atomic mass is 32.2. The lowest BCUT2D eigenvalue weighted by molar-refractivity contribution is -0.139. The third-order valence-electron chi connectivity index (χ3n) is 6.57. The highest BCUT2D eigenvalue weighted by Crippen LogP contribution is 2.44. The Bertz CT molecular complexity index is 864. The van der Waals surface area contributed by atoms with E-state index in [9.17, 15) is 17.6 Å². The minimum Gasteiger partial charge on any atom is -0.378 e. The second-order valence-electron chi connectivity index (χ2n) is 8.43. The van der Waals surface area contributed by atoms with Crippen LogP contribution in [0.1, 0.15) is 19.3 Å². The fraction of sp³-hybridized carbons (Fsp3) is 0.650. The van der Waals surface area contributed by atoms with Gasteiger partial charge in [0.05, 0.1) is 24.2 Å². The van der Waals surface area contributed by atoms with Crippen molar-refractivity contribution < 1.29 is 22.3 Å². The van der Waals surface area contributed by atoms with Crippen LogP contribution in [0, 0.1) is 11.2 Å². The van der Waals surface area contributed by atoms with Crippen LogP contribution < -0.4 is 0 Å². The molecule has 3 fully saturated rings. The molecule has 29 heavy (non-hydrogen) atoms. The van der Waals surface area contributed by atoms with Crippen LogP contribution in [0.2, 0.25) is 0 Å². The van der Waals surface area contributed by atoms with Gasteiger partial charge in [0.2, 0.25) is 15.9 Å². The topological polar surface area (TPSA) is 70.2 Å². The van der Waals surface area contributed by atoms with Crippen molar-refractivity contribution in [2.75, 3.05) is 53.0 Å². The Morgan fingerprint density at radius 3 is 2.52 bits per heavy atom. The van der Waals surface area contributed by atoms with Gasteiger partial charge < -0.3 is 9.64 Å². The molecule has 0 aliphatic carbocycles. The van der Waals surface area contributed by atoms with Crippen LogP contribution in [0.15, 0.2) is 29.2 Å². The molecule has 3 aliphatic rings. The Labute approximate surface area is 171 Å². The smallest absolute Gasteiger partial charge is 0.243 e. The van der Waals surface area contributed by atoms with E-state index in [2.05, 4.69) is 4.90 Å². The number of morpholine rings is 1. The first kappa shape index (κ1) is 20.7. The van der Waals surface area contributed by atoms with Crippen molar-refractivity contribution in [3.05, 3.63) is 30.1 Å². The van der Waals surface area contributed by atoms with E-state index in [1.807, 2.05) is 11.9 Å². The first-order chi connectivity index (χ1) is 13.8. The van der Waals surface area contributed by atoms with Gasteiger partial charge in [0.1, 0.15) is 5.82 Å². The highest BCUT2D eigenvalue weighted by molar-refractivity contribution is 7.89. The van der Waals surface area contributed by atoms with Gasteiger partial charge >= 0.3 is 0 Å². The second-order valence-corrected chi connectivity index (χ2v) is 10.4. The minimum absolute atomic E-state index is 0.00244. The lowest BCUT2D eigenvalue weighted by atomic mass is 9.77. The minimum atomic E-state index is -3.70. The van der Waals surface area contributed by atoms with Gasteiger partial charge in [-0.1, -0.05) is 6.07 Å². The maximum Gasteiger partial charge on any atom is 0.243 e. The van der Waals surface area contributed by atoms with Gasteiger partial charge in [-0.2, -0.15) is 4.31 Å². The molecule has 1 atom stereocenters. The molecule has 0 saturated carbocycles. The Kier molecular flexibility index (Phi) is 5.67. The van der Waals surface area contributed by atoms with E-state index in [-0.39, 0.29) is 22.3 Å². The summed E-state index contributed by atoms with van der Waals surface area (Å²) in [5.74, 6) is -0.399. The molecule has 3 saturated heterocycles. The van der Waals surface area contributed by atoms with Gasteiger partial charge in [-0.25, -0.2) is 12.8 Å². The zero-order valence-electron chi connectivity index (χ0n) is 16.7. The van der Waals surface area contributed by atoms with Gasteiger partial charge in [-0.15, -0.1) is 0 Å². The fourth-order valence-electron chi connectivity index (χ4n) is 4.88. The summed E-state index contributed by atoms with van der Waals surface area (Å²) in [4.78, 5) is 17.0. The van der Waals surface area contributed by atoms with Crippen molar-refractivity contribution in [1.82, 2.24) is 14.1 Å². The molecule has 0 bridgehead atoms. The monoisotopic (exact) mass is 425 g/mol. The van der Waals surface area contributed by atoms with Crippen LogP contribution in [0.3, 0.4) is 0 Å². The SMILES string of the molecule is CN1CC2(CCN(S(=O)(=O)c3cccc(F)c3)CC2)CC1C(=O)N1CCOCC1. The van der Waals surface area contributed by atoms with Crippen LogP contribution in [0.5, 0.6) is 0 Å². The molecule has 0 N–H and O–H groups in total. The van der Waals surface area contributed by atoms with Crippen LogP contribution in [0.25, 0.3) is 0 Å². The molecular weight excluding hydrogens is 397 g/mol. The normalized spacial score (nSPS) is 26.1. The third-order valence-corrected chi connectivity index (χ3v) is 8.46. The average Bonchev–Trinajstić information content (AvgIpc) is 3.04. The maximum absolute atomic E-state index is 13.5. The predicted octanol–water partition coefficient (Wildman–Crippen LogP) is 1.16. The number of carbonyl (C=O) groups is 1. The van der Waals surface area contributed by atoms with Crippen molar-refractivity contribution in [3.63, 3.8) is 0 Å². The summed E-state index contributed by atoms with van der Waals surface area (Å²) in [5, 5.41) is 0. The van der Waals surface area contributed by atoms with E-state index in [1.54, 1.807) is 0 Å². The highest BCUT2D eigenvalue weighted by Gasteiger charge is 2.48. The number of benzene rings is 1. The van der Waals surface area contributed by atoms with Gasteiger partial charge in [-0.05, 0) is 49.9 Å². The van der Waals surface area contributed by atoms with Crippen molar-refractivity contribution in [3.8, 4) is 0 Å². The Morgan fingerprint density at radius 1 is 1.17 bits per heavy atom. The first-order valence-corrected chi connectivity index (χ1v) is 11.6. The molecular formula is C20H28FN3O4S. The average molecular weight is 426 g/mol. The molecule has 9 heteroatoms. The number of likely N-dealkylation sites (N-methyl/N-ethyl adjacent to an activating group) is 1. The molecule has 160 valence electrons. The maximum atomic E-state index is 13.5. The molecule has 1 unspecified atom stereocenters. The van der Waals surface area contributed by atoms with E-state index in [0.717, 1.165) is 19.0 Å². The molecule has 7 nitrogen and oxygen atoms in total. The number of sulfonamides is 1. The summed E-state index contributed by atoms with van der Waals surface area (Å²) >= 11 is 0. The fourth-order valence-corrected chi connectivity index (χ4v) is 6.35. The molecule has 1 aromatic carbocycles. The lowest BCUT2D eigenvalue weighted by Crippen LogP contribution is -2.48. The van der Waals surface area contributed by atoms with Gasteiger partial charge in [0.25, 0.3) is 0 Å². The van der Waals surface area contributed by atoms with Crippen molar-refractivity contribution in [1.29, 1.82) is 0 Å². The quantitative estimate of drug-likeness (QED) is 0.727. The summed E-state index contributed by atoms with van der Waals surface area (Å²) < 4.78 is 46.0. The molecule has 1 aromatic rings. The van der Waals surface area contributed by atoms with E-state index in [0.29, 0.717) is 52.2 Å². The van der Waals surface area contributed by atoms with Gasteiger partial charge in [-0.3, -0.25) is 9.69 Å². The number of hydrogen-bond acceptors (Lipinski definition) is 5. The summed E-state index contributed by atoms with van der Waals surface area (Å²) in [6.07, 6.45) is 2.17. The Morgan fingerprint density at radius 2 is 1.86 bits per heavy atom. The number of hydrogen-bond donors (Lipinski definition) is 0. The number of amides is 1. The number of piperidine rings is 1. The molecule has 3 heterocycles. The number of carbonyl (C=O) groups excluding carboxylic acids is 1. The molecule has 3 aliphatic heterocycles. The van der Waals surface area contributed by atoms with Gasteiger partial charge in [0, 0.05) is 32.7 Å². The number of rotatable bonds is 3. The molecule has 0 aromatic heterocycles. The van der Waals surface area contributed by atoms with Crippen molar-refractivity contribution in [2.45, 2.75) is 30.2 Å². The van der Waals surface area contributed by atoms with E-state index >= 15 is 0 Å². The summed E-state index contributed by atoms with van der Waals surface area (Å²) in [6, 6.07) is 5.01. The first-order valence-electron chi connectivity index (χ1n) is 10.1. The van der Waals surface area contributed by atoms with Crippen LogP contribution in [-0.4, -0.2) is 87.5 Å². The third kappa shape index (κ3) is 4.05. The molecule has 1 amide bonds. The summed E-state index contributed by atoms with van der Waals surface area (Å²) in [7, 11) is -1.72. The number of nitrogens with zero attached hydrogens (tertiary/aromatic N) is 3. The molecule has 4 rings (SSSR count). The Hall–Kier alpha value is -1.55. The molecule has 0 radical (unpaired) electrons. The number of halogens is 1. The predicted molar refractivity (Wildman–Crippen MR) is 105 cm³/mol. The zero-order chi connectivity index (χ0) is 20.6. The zero-order valence-corrected chi connectivity index (χ0v) is 17.5. The van der Waals surface area contributed by atoms with Crippen LogP contribution >= 0.6 is 0 Å². The van der Waals surface area contributed by atoms with Crippen molar-refractivity contribution >= 4 is 15.9 Å². The standard InChI is InChI=1S/C20H28FN3O4S/c1-22-15-20(14-18(22)19(25)23-9-11-28-12-10-23)5-7-24(8-6-20)29(26,27)17-4-2-3-16(21)13-17/h2-4,13,18H,5-12,14-15H2,1H3. The van der Waals surface area contributed by atoms with E-state index in [1.165, 1.54) is 22.5 Å². The van der Waals surface area contributed by atoms with E-state index < -0.39 is 15.8 Å². The number of likely N-dealkylation sites (tertiary alicyclic amines) is 1. The lowest BCUT2D eigenvalue weighted by Gasteiger charge is -2.38.